The Hall–Kier alpha value is -1.47. The summed E-state index contributed by atoms with van der Waals surface area (Å²) in [6.07, 6.45) is 1.23. The van der Waals surface area contributed by atoms with Gasteiger partial charge in [0.25, 0.3) is 0 Å². The number of aryl methyl sites for hydroxylation is 1. The largest absolute Gasteiger partial charge is 0.469 e. The van der Waals surface area contributed by atoms with Crippen LogP contribution in [0.3, 0.4) is 0 Å². The number of hydrogen-bond donors (Lipinski definition) is 0. The van der Waals surface area contributed by atoms with Crippen molar-refractivity contribution in [3.63, 3.8) is 0 Å². The maximum Gasteiger partial charge on any atom is 0.306 e. The molecule has 0 amide bonds. The maximum absolute atomic E-state index is 11.1. The number of carbonyl (C=O) groups excluding carboxylic acids is 1. The van der Waals surface area contributed by atoms with E-state index in [-0.39, 0.29) is 5.97 Å². The van der Waals surface area contributed by atoms with Crippen LogP contribution in [0, 0.1) is 0 Å². The predicted molar refractivity (Wildman–Crippen MR) is 72.0 cm³/mol. The molecule has 1 aliphatic heterocycles. The van der Waals surface area contributed by atoms with Gasteiger partial charge in [0.15, 0.2) is 5.82 Å². The minimum absolute atomic E-state index is 0.147. The number of aromatic nitrogens is 2. The van der Waals surface area contributed by atoms with Gasteiger partial charge in [0.1, 0.15) is 0 Å². The Balaban J connectivity index is 1.70. The van der Waals surface area contributed by atoms with Crippen molar-refractivity contribution in [2.75, 3.05) is 39.8 Å². The number of esters is 1. The van der Waals surface area contributed by atoms with Crippen molar-refractivity contribution in [1.82, 2.24) is 19.9 Å². The summed E-state index contributed by atoms with van der Waals surface area (Å²) in [6, 6.07) is 0. The molecule has 1 saturated heterocycles. The molecule has 2 heterocycles. The van der Waals surface area contributed by atoms with Gasteiger partial charge < -0.3 is 14.2 Å². The van der Waals surface area contributed by atoms with E-state index in [0.717, 1.165) is 51.5 Å². The lowest BCUT2D eigenvalue weighted by Crippen LogP contribution is -2.46. The number of rotatable bonds is 6. The van der Waals surface area contributed by atoms with Crippen molar-refractivity contribution in [3.05, 3.63) is 11.7 Å². The molecule has 0 unspecified atom stereocenters. The monoisotopic (exact) mass is 282 g/mol. The predicted octanol–water partition coefficient (Wildman–Crippen LogP) is 0.313. The highest BCUT2D eigenvalue weighted by molar-refractivity contribution is 5.69. The molecule has 0 spiro atoms. The normalized spacial score (nSPS) is 17.3. The van der Waals surface area contributed by atoms with Crippen LogP contribution < -0.4 is 0 Å². The highest BCUT2D eigenvalue weighted by Crippen LogP contribution is 2.07. The lowest BCUT2D eigenvalue weighted by Gasteiger charge is -2.33. The fraction of sp³-hybridized carbons (Fsp3) is 0.769. The third kappa shape index (κ3) is 4.28. The molecule has 20 heavy (non-hydrogen) atoms. The maximum atomic E-state index is 11.1. The molecular formula is C13H22N4O3. The van der Waals surface area contributed by atoms with E-state index in [1.165, 1.54) is 7.11 Å². The van der Waals surface area contributed by atoms with Crippen molar-refractivity contribution in [2.45, 2.75) is 26.3 Å². The molecular weight excluding hydrogens is 260 g/mol. The Morgan fingerprint density at radius 3 is 2.60 bits per heavy atom. The lowest BCUT2D eigenvalue weighted by molar-refractivity contribution is -0.141. The van der Waals surface area contributed by atoms with Gasteiger partial charge in [0, 0.05) is 39.1 Å². The molecule has 0 aromatic carbocycles. The molecule has 0 radical (unpaired) electrons. The van der Waals surface area contributed by atoms with Crippen molar-refractivity contribution in [3.8, 4) is 0 Å². The molecule has 0 atom stereocenters. The van der Waals surface area contributed by atoms with E-state index < -0.39 is 0 Å². The van der Waals surface area contributed by atoms with Crippen molar-refractivity contribution in [2.24, 2.45) is 0 Å². The first-order chi connectivity index (χ1) is 9.71. The van der Waals surface area contributed by atoms with E-state index in [2.05, 4.69) is 24.7 Å². The molecule has 0 aliphatic carbocycles. The Kier molecular flexibility index (Phi) is 5.49. The summed E-state index contributed by atoms with van der Waals surface area (Å²) in [7, 11) is 1.43. The van der Waals surface area contributed by atoms with Crippen LogP contribution in [0.4, 0.5) is 0 Å². The molecule has 7 nitrogen and oxygen atoms in total. The van der Waals surface area contributed by atoms with Gasteiger partial charge in [-0.1, -0.05) is 12.1 Å². The second-order valence-corrected chi connectivity index (χ2v) is 4.90. The lowest BCUT2D eigenvalue weighted by atomic mass is 10.3. The van der Waals surface area contributed by atoms with Gasteiger partial charge in [0.05, 0.1) is 20.1 Å². The number of piperazine rings is 1. The average molecular weight is 282 g/mol. The zero-order chi connectivity index (χ0) is 14.4. The zero-order valence-electron chi connectivity index (χ0n) is 12.2. The second-order valence-electron chi connectivity index (χ2n) is 4.90. The smallest absolute Gasteiger partial charge is 0.306 e. The fourth-order valence-electron chi connectivity index (χ4n) is 2.22. The fourth-order valence-corrected chi connectivity index (χ4v) is 2.22. The first-order valence-electron chi connectivity index (χ1n) is 7.04. The minimum atomic E-state index is -0.147. The van der Waals surface area contributed by atoms with E-state index in [0.29, 0.717) is 12.3 Å². The SMILES string of the molecule is CCc1nc(CN2CCN(CCC(=O)OC)CC2)no1. The van der Waals surface area contributed by atoms with E-state index >= 15 is 0 Å². The Morgan fingerprint density at radius 2 is 2.00 bits per heavy atom. The number of hydrogen-bond acceptors (Lipinski definition) is 7. The van der Waals surface area contributed by atoms with Gasteiger partial charge in [0.2, 0.25) is 5.89 Å². The van der Waals surface area contributed by atoms with Crippen LogP contribution in [-0.4, -0.2) is 65.7 Å². The van der Waals surface area contributed by atoms with E-state index in [1.807, 2.05) is 6.92 Å². The Bertz CT molecular complexity index is 427. The highest BCUT2D eigenvalue weighted by atomic mass is 16.5. The molecule has 1 aromatic rings. The first kappa shape index (κ1) is 14.9. The summed E-state index contributed by atoms with van der Waals surface area (Å²) in [5.74, 6) is 1.30. The minimum Gasteiger partial charge on any atom is -0.469 e. The molecule has 0 saturated carbocycles. The van der Waals surface area contributed by atoms with Crippen molar-refractivity contribution < 1.29 is 14.1 Å². The van der Waals surface area contributed by atoms with Gasteiger partial charge in [-0.2, -0.15) is 4.98 Å². The van der Waals surface area contributed by atoms with Gasteiger partial charge in [-0.05, 0) is 0 Å². The molecule has 112 valence electrons. The van der Waals surface area contributed by atoms with Crippen LogP contribution in [0.2, 0.25) is 0 Å². The summed E-state index contributed by atoms with van der Waals surface area (Å²) in [6.45, 7) is 7.31. The molecule has 1 aliphatic rings. The van der Waals surface area contributed by atoms with E-state index in [4.69, 9.17) is 4.52 Å². The molecule has 1 aromatic heterocycles. The van der Waals surface area contributed by atoms with Crippen LogP contribution in [0.5, 0.6) is 0 Å². The average Bonchev–Trinajstić information content (AvgIpc) is 2.94. The molecule has 1 fully saturated rings. The standard InChI is InChI=1S/C13H22N4O3/c1-3-12-14-11(15-20-12)10-17-8-6-16(7-9-17)5-4-13(18)19-2/h3-10H2,1-2H3. The van der Waals surface area contributed by atoms with Crippen LogP contribution >= 0.6 is 0 Å². The third-order valence-electron chi connectivity index (χ3n) is 3.50. The van der Waals surface area contributed by atoms with Crippen molar-refractivity contribution in [1.29, 1.82) is 0 Å². The Morgan fingerprint density at radius 1 is 1.30 bits per heavy atom. The zero-order valence-corrected chi connectivity index (χ0v) is 12.2. The van der Waals surface area contributed by atoms with Crippen LogP contribution in [0.15, 0.2) is 4.52 Å². The summed E-state index contributed by atoms with van der Waals surface area (Å²) in [5.41, 5.74) is 0. The molecule has 0 N–H and O–H groups in total. The molecule has 2 rings (SSSR count). The third-order valence-corrected chi connectivity index (χ3v) is 3.50. The number of carbonyl (C=O) groups is 1. The van der Waals surface area contributed by atoms with Crippen LogP contribution in [0.1, 0.15) is 25.1 Å². The number of nitrogens with zero attached hydrogens (tertiary/aromatic N) is 4. The first-order valence-corrected chi connectivity index (χ1v) is 7.04. The quantitative estimate of drug-likeness (QED) is 0.695. The van der Waals surface area contributed by atoms with Crippen LogP contribution in [0.25, 0.3) is 0 Å². The summed E-state index contributed by atoms with van der Waals surface area (Å²) in [5, 5.41) is 3.97. The summed E-state index contributed by atoms with van der Waals surface area (Å²) in [4.78, 5) is 20.0. The van der Waals surface area contributed by atoms with E-state index in [1.54, 1.807) is 0 Å². The van der Waals surface area contributed by atoms with Gasteiger partial charge in [-0.15, -0.1) is 0 Å². The topological polar surface area (TPSA) is 71.7 Å². The number of ether oxygens (including phenoxy) is 1. The van der Waals surface area contributed by atoms with Gasteiger partial charge in [-0.25, -0.2) is 0 Å². The summed E-state index contributed by atoms with van der Waals surface area (Å²) < 4.78 is 9.76. The van der Waals surface area contributed by atoms with Gasteiger partial charge in [-0.3, -0.25) is 9.69 Å². The highest BCUT2D eigenvalue weighted by Gasteiger charge is 2.19. The number of methoxy groups -OCH3 is 1. The Labute approximate surface area is 118 Å². The second kappa shape index (κ2) is 7.35. The molecule has 7 heteroatoms. The van der Waals surface area contributed by atoms with Crippen molar-refractivity contribution >= 4 is 5.97 Å². The molecule has 0 bridgehead atoms. The van der Waals surface area contributed by atoms with E-state index in [9.17, 15) is 4.79 Å². The van der Waals surface area contributed by atoms with Gasteiger partial charge >= 0.3 is 5.97 Å². The van der Waals surface area contributed by atoms with Crippen LogP contribution in [-0.2, 0) is 22.5 Å². The summed E-state index contributed by atoms with van der Waals surface area (Å²) >= 11 is 0.